The molecule has 1 saturated heterocycles. The minimum Gasteiger partial charge on any atom is -0.481 e. The van der Waals surface area contributed by atoms with Crippen molar-refractivity contribution in [2.75, 3.05) is 13.1 Å². The van der Waals surface area contributed by atoms with Crippen molar-refractivity contribution >= 4 is 19.1 Å². The van der Waals surface area contributed by atoms with Gasteiger partial charge in [0.1, 0.15) is 6.61 Å². The van der Waals surface area contributed by atoms with E-state index in [4.69, 9.17) is 4.74 Å². The molecule has 1 fully saturated rings. The molecular weight excluding hydrogens is 287 g/mol. The number of alkyl carbamates (subject to hydrolysis) is 1. The van der Waals surface area contributed by atoms with Gasteiger partial charge in [-0.1, -0.05) is 30.3 Å². The van der Waals surface area contributed by atoms with Gasteiger partial charge in [0.15, 0.2) is 0 Å². The Labute approximate surface area is 129 Å². The van der Waals surface area contributed by atoms with E-state index in [0.717, 1.165) is 5.56 Å². The van der Waals surface area contributed by atoms with Crippen LogP contribution in [-0.2, 0) is 16.1 Å². The lowest BCUT2D eigenvalue weighted by atomic mass is 9.86. The molecule has 0 bridgehead atoms. The van der Waals surface area contributed by atoms with E-state index < -0.39 is 31.1 Å². The van der Waals surface area contributed by atoms with Crippen LogP contribution in [0.15, 0.2) is 30.3 Å². The molecule has 0 aromatic heterocycles. The third-order valence-corrected chi connectivity index (χ3v) is 3.71. The van der Waals surface area contributed by atoms with Gasteiger partial charge in [-0.05, 0) is 12.4 Å². The van der Waals surface area contributed by atoms with Crippen molar-refractivity contribution in [2.24, 2.45) is 5.92 Å². The number of aliphatic carboxylic acids is 1. The maximum absolute atomic E-state index is 11.8. The van der Waals surface area contributed by atoms with E-state index >= 15 is 0 Å². The third kappa shape index (κ3) is 4.22. The van der Waals surface area contributed by atoms with Crippen molar-refractivity contribution in [1.82, 2.24) is 10.1 Å². The summed E-state index contributed by atoms with van der Waals surface area (Å²) >= 11 is 0. The number of ether oxygens (including phenoxy) is 1. The van der Waals surface area contributed by atoms with Gasteiger partial charge >= 0.3 is 19.1 Å². The first-order chi connectivity index (χ1) is 10.5. The maximum atomic E-state index is 11.8. The fourth-order valence-corrected chi connectivity index (χ4v) is 2.45. The number of carboxylic acids is 1. The summed E-state index contributed by atoms with van der Waals surface area (Å²) in [6.07, 6.45) is -0.660. The second-order valence-electron chi connectivity index (χ2n) is 5.34. The first-order valence-corrected chi connectivity index (χ1v) is 7.09. The molecule has 1 aromatic rings. The second kappa shape index (κ2) is 7.28. The fourth-order valence-electron chi connectivity index (χ4n) is 2.45. The summed E-state index contributed by atoms with van der Waals surface area (Å²) in [6.45, 7) is 2.15. The first kappa shape index (κ1) is 16.3. The molecule has 118 valence electrons. The zero-order valence-electron chi connectivity index (χ0n) is 12.3. The largest absolute Gasteiger partial charge is 0.481 e. The molecule has 7 nitrogen and oxygen atoms in total. The number of rotatable bonds is 5. The molecule has 3 N–H and O–H groups in total. The summed E-state index contributed by atoms with van der Waals surface area (Å²) in [6, 6.07) is 8.62. The van der Waals surface area contributed by atoms with Gasteiger partial charge in [-0.25, -0.2) is 4.79 Å². The SMILES string of the molecule is CB(O)N1C[C@@H](NC(=O)OCc2ccccc2)[C@H](C(=O)O)C1. The van der Waals surface area contributed by atoms with E-state index in [9.17, 15) is 19.7 Å². The van der Waals surface area contributed by atoms with Gasteiger partial charge in [-0.2, -0.15) is 0 Å². The summed E-state index contributed by atoms with van der Waals surface area (Å²) in [5.74, 6) is -1.77. The van der Waals surface area contributed by atoms with Gasteiger partial charge in [-0.15, -0.1) is 0 Å². The second-order valence-corrected chi connectivity index (χ2v) is 5.34. The van der Waals surface area contributed by atoms with Crippen LogP contribution in [0.4, 0.5) is 4.79 Å². The van der Waals surface area contributed by atoms with E-state index in [1.54, 1.807) is 11.6 Å². The van der Waals surface area contributed by atoms with Crippen molar-refractivity contribution in [2.45, 2.75) is 19.5 Å². The van der Waals surface area contributed by atoms with E-state index in [-0.39, 0.29) is 19.7 Å². The molecule has 22 heavy (non-hydrogen) atoms. The summed E-state index contributed by atoms with van der Waals surface area (Å²) in [7, 11) is -0.756. The predicted octanol–water partition coefficient (Wildman–Crippen LogP) is 0.408. The van der Waals surface area contributed by atoms with Crippen LogP contribution in [0.1, 0.15) is 5.56 Å². The van der Waals surface area contributed by atoms with Gasteiger partial charge < -0.3 is 25.0 Å². The number of nitrogens with one attached hydrogen (secondary N) is 1. The van der Waals surface area contributed by atoms with Crippen LogP contribution in [0.25, 0.3) is 0 Å². The summed E-state index contributed by atoms with van der Waals surface area (Å²) < 4.78 is 5.09. The molecular formula is C14H19BN2O5. The summed E-state index contributed by atoms with van der Waals surface area (Å²) in [5.41, 5.74) is 0.851. The molecule has 0 saturated carbocycles. The summed E-state index contributed by atoms with van der Waals surface area (Å²) in [5, 5.41) is 21.3. The quantitative estimate of drug-likeness (QED) is 0.681. The normalized spacial score (nSPS) is 21.4. The Hall–Kier alpha value is -2.06. The van der Waals surface area contributed by atoms with Gasteiger partial charge in [0.2, 0.25) is 0 Å². The van der Waals surface area contributed by atoms with Crippen LogP contribution in [0.3, 0.4) is 0 Å². The number of carboxylic acid groups (broad SMARTS) is 1. The number of hydrogen-bond acceptors (Lipinski definition) is 5. The van der Waals surface area contributed by atoms with Gasteiger partial charge in [0, 0.05) is 13.1 Å². The average molecular weight is 306 g/mol. The zero-order valence-corrected chi connectivity index (χ0v) is 12.3. The molecule has 0 radical (unpaired) electrons. The highest BCUT2D eigenvalue weighted by atomic mass is 16.5. The Kier molecular flexibility index (Phi) is 5.40. The lowest BCUT2D eigenvalue weighted by Gasteiger charge is -2.17. The Morgan fingerprint density at radius 1 is 1.36 bits per heavy atom. The van der Waals surface area contributed by atoms with Crippen LogP contribution in [0.2, 0.25) is 6.82 Å². The van der Waals surface area contributed by atoms with Gasteiger partial charge in [0.05, 0.1) is 12.0 Å². The molecule has 8 heteroatoms. The summed E-state index contributed by atoms with van der Waals surface area (Å²) in [4.78, 5) is 24.6. The van der Waals surface area contributed by atoms with Crippen LogP contribution < -0.4 is 5.32 Å². The standard InChI is InChI=1S/C14H19BN2O5/c1-15(21)17-7-11(13(18)19)12(8-17)16-14(20)22-9-10-5-3-2-4-6-10/h2-6,11-12,21H,7-9H2,1H3,(H,16,20)(H,18,19)/t11-,12-/m1/s1. The highest BCUT2D eigenvalue weighted by molar-refractivity contribution is 6.45. The number of carbonyl (C=O) groups excluding carboxylic acids is 1. The zero-order chi connectivity index (χ0) is 16.1. The Balaban J connectivity index is 1.88. The number of nitrogens with zero attached hydrogens (tertiary/aromatic N) is 1. The Morgan fingerprint density at radius 3 is 2.64 bits per heavy atom. The lowest BCUT2D eigenvalue weighted by molar-refractivity contribution is -0.141. The van der Waals surface area contributed by atoms with E-state index in [1.807, 2.05) is 30.3 Å². The molecule has 2 rings (SSSR count). The smallest absolute Gasteiger partial charge is 0.407 e. The number of hydrogen-bond donors (Lipinski definition) is 3. The van der Waals surface area contributed by atoms with Gasteiger partial charge in [0.25, 0.3) is 0 Å². The minimum absolute atomic E-state index is 0.122. The molecule has 1 heterocycles. The minimum atomic E-state index is -1.00. The van der Waals surface area contributed by atoms with E-state index in [0.29, 0.717) is 0 Å². The number of amides is 1. The Morgan fingerprint density at radius 2 is 2.05 bits per heavy atom. The lowest BCUT2D eigenvalue weighted by Crippen LogP contribution is -2.43. The van der Waals surface area contributed by atoms with E-state index in [1.165, 1.54) is 0 Å². The topological polar surface area (TPSA) is 99.1 Å². The highest BCUT2D eigenvalue weighted by Crippen LogP contribution is 2.18. The van der Waals surface area contributed by atoms with Crippen LogP contribution in [0, 0.1) is 5.92 Å². The number of carbonyl (C=O) groups is 2. The fraction of sp³-hybridized carbons (Fsp3) is 0.429. The van der Waals surface area contributed by atoms with Crippen molar-refractivity contribution in [1.29, 1.82) is 0 Å². The third-order valence-electron chi connectivity index (χ3n) is 3.71. The highest BCUT2D eigenvalue weighted by Gasteiger charge is 2.40. The van der Waals surface area contributed by atoms with Crippen molar-refractivity contribution in [3.8, 4) is 0 Å². The molecule has 2 atom stereocenters. The number of benzene rings is 1. The van der Waals surface area contributed by atoms with Crippen LogP contribution >= 0.6 is 0 Å². The molecule has 0 aliphatic carbocycles. The first-order valence-electron chi connectivity index (χ1n) is 7.09. The molecule has 0 spiro atoms. The van der Waals surface area contributed by atoms with E-state index in [2.05, 4.69) is 5.32 Å². The maximum Gasteiger partial charge on any atom is 0.407 e. The van der Waals surface area contributed by atoms with Gasteiger partial charge in [-0.3, -0.25) is 4.79 Å². The predicted molar refractivity (Wildman–Crippen MR) is 80.1 cm³/mol. The van der Waals surface area contributed by atoms with Crippen LogP contribution in [-0.4, -0.2) is 53.2 Å². The molecule has 1 aliphatic heterocycles. The molecule has 0 unspecified atom stereocenters. The molecule has 1 aliphatic rings. The molecule has 1 amide bonds. The monoisotopic (exact) mass is 306 g/mol. The van der Waals surface area contributed by atoms with Crippen LogP contribution in [0.5, 0.6) is 0 Å². The molecule has 1 aromatic carbocycles. The van der Waals surface area contributed by atoms with Crippen molar-refractivity contribution < 1.29 is 24.5 Å². The average Bonchev–Trinajstić information content (AvgIpc) is 2.90. The Bertz CT molecular complexity index is 525. The van der Waals surface area contributed by atoms with Crippen molar-refractivity contribution in [3.63, 3.8) is 0 Å². The van der Waals surface area contributed by atoms with Crippen molar-refractivity contribution in [3.05, 3.63) is 35.9 Å².